The molecule has 3 N–H and O–H groups in total. The molecule has 1 atom stereocenters. The Hall–Kier alpha value is -0.420. The molecular formula is C11H20N2OS. The van der Waals surface area contributed by atoms with Crippen molar-refractivity contribution in [3.63, 3.8) is 0 Å². The van der Waals surface area contributed by atoms with Crippen molar-refractivity contribution in [1.29, 1.82) is 0 Å². The Labute approximate surface area is 95.5 Å². The number of aryl methyl sites for hydroxylation is 1. The zero-order valence-electron chi connectivity index (χ0n) is 9.42. The van der Waals surface area contributed by atoms with E-state index in [1.807, 2.05) is 0 Å². The van der Waals surface area contributed by atoms with E-state index in [0.29, 0.717) is 6.54 Å². The van der Waals surface area contributed by atoms with E-state index in [0.717, 1.165) is 19.6 Å². The minimum absolute atomic E-state index is 0.260. The SMILES string of the molecule is Cc1ccsc1CNCCNC[C@@H](C)O. The van der Waals surface area contributed by atoms with E-state index in [-0.39, 0.29) is 6.10 Å². The van der Waals surface area contributed by atoms with Crippen molar-refractivity contribution in [1.82, 2.24) is 10.6 Å². The van der Waals surface area contributed by atoms with Gasteiger partial charge < -0.3 is 15.7 Å². The molecule has 0 unspecified atom stereocenters. The summed E-state index contributed by atoms with van der Waals surface area (Å²) >= 11 is 1.80. The smallest absolute Gasteiger partial charge is 0.0636 e. The first kappa shape index (κ1) is 12.6. The first-order chi connectivity index (χ1) is 7.20. The molecule has 3 nitrogen and oxygen atoms in total. The molecule has 0 aromatic carbocycles. The average Bonchev–Trinajstić information content (AvgIpc) is 2.57. The molecule has 1 heterocycles. The third-order valence-corrected chi connectivity index (χ3v) is 3.20. The van der Waals surface area contributed by atoms with Gasteiger partial charge in [-0.2, -0.15) is 0 Å². The fourth-order valence-electron chi connectivity index (χ4n) is 1.27. The zero-order valence-corrected chi connectivity index (χ0v) is 10.2. The largest absolute Gasteiger partial charge is 0.392 e. The Morgan fingerprint density at radius 2 is 2.13 bits per heavy atom. The molecule has 0 saturated heterocycles. The maximum absolute atomic E-state index is 9.01. The molecule has 0 saturated carbocycles. The van der Waals surface area contributed by atoms with E-state index in [9.17, 15) is 0 Å². The summed E-state index contributed by atoms with van der Waals surface area (Å²) in [5, 5.41) is 17.7. The highest BCUT2D eigenvalue weighted by Gasteiger charge is 1.98. The van der Waals surface area contributed by atoms with E-state index in [4.69, 9.17) is 5.11 Å². The van der Waals surface area contributed by atoms with Crippen molar-refractivity contribution >= 4 is 11.3 Å². The lowest BCUT2D eigenvalue weighted by molar-refractivity contribution is 0.191. The average molecular weight is 228 g/mol. The van der Waals surface area contributed by atoms with Gasteiger partial charge in [0, 0.05) is 31.1 Å². The second kappa shape index (κ2) is 6.95. The van der Waals surface area contributed by atoms with Gasteiger partial charge in [-0.3, -0.25) is 0 Å². The molecule has 0 spiro atoms. The predicted octanol–water partition coefficient (Wildman–Crippen LogP) is 1.12. The van der Waals surface area contributed by atoms with Crippen molar-refractivity contribution in [2.45, 2.75) is 26.5 Å². The van der Waals surface area contributed by atoms with Gasteiger partial charge in [0.2, 0.25) is 0 Å². The molecule has 0 aliphatic rings. The van der Waals surface area contributed by atoms with Crippen LogP contribution in [0.2, 0.25) is 0 Å². The second-order valence-corrected chi connectivity index (χ2v) is 4.76. The maximum Gasteiger partial charge on any atom is 0.0636 e. The lowest BCUT2D eigenvalue weighted by Crippen LogP contribution is -2.31. The van der Waals surface area contributed by atoms with Crippen LogP contribution in [0.15, 0.2) is 11.4 Å². The molecule has 1 aromatic rings. The van der Waals surface area contributed by atoms with E-state index < -0.39 is 0 Å². The standard InChI is InChI=1S/C11H20N2OS/c1-9-3-6-15-11(9)8-13-5-4-12-7-10(2)14/h3,6,10,12-14H,4-5,7-8H2,1-2H3/t10-/m1/s1. The van der Waals surface area contributed by atoms with Gasteiger partial charge in [-0.05, 0) is 30.9 Å². The quantitative estimate of drug-likeness (QED) is 0.613. The predicted molar refractivity (Wildman–Crippen MR) is 65.3 cm³/mol. The first-order valence-corrected chi connectivity index (χ1v) is 6.20. The number of hydrogen-bond donors (Lipinski definition) is 3. The van der Waals surface area contributed by atoms with Gasteiger partial charge in [0.1, 0.15) is 0 Å². The van der Waals surface area contributed by atoms with Crippen LogP contribution in [-0.4, -0.2) is 30.8 Å². The van der Waals surface area contributed by atoms with Crippen molar-refractivity contribution in [2.24, 2.45) is 0 Å². The summed E-state index contributed by atoms with van der Waals surface area (Å²) in [6, 6.07) is 2.15. The molecule has 0 amide bonds. The van der Waals surface area contributed by atoms with Crippen LogP contribution in [0.25, 0.3) is 0 Å². The van der Waals surface area contributed by atoms with E-state index in [1.165, 1.54) is 10.4 Å². The van der Waals surface area contributed by atoms with Crippen LogP contribution >= 0.6 is 11.3 Å². The third kappa shape index (κ3) is 5.28. The summed E-state index contributed by atoms with van der Waals surface area (Å²) in [5.41, 5.74) is 1.37. The Morgan fingerprint density at radius 3 is 2.73 bits per heavy atom. The third-order valence-electron chi connectivity index (χ3n) is 2.17. The molecule has 1 rings (SSSR count). The Morgan fingerprint density at radius 1 is 1.40 bits per heavy atom. The summed E-state index contributed by atoms with van der Waals surface area (Å²) in [5.74, 6) is 0. The van der Waals surface area contributed by atoms with E-state index in [2.05, 4.69) is 29.0 Å². The molecule has 0 radical (unpaired) electrons. The summed E-state index contributed by atoms with van der Waals surface area (Å²) in [6.07, 6.45) is -0.260. The Bertz CT molecular complexity index is 273. The topological polar surface area (TPSA) is 44.3 Å². The molecular weight excluding hydrogens is 208 g/mol. The lowest BCUT2D eigenvalue weighted by Gasteiger charge is -2.07. The van der Waals surface area contributed by atoms with Gasteiger partial charge in [0.05, 0.1) is 6.10 Å². The highest BCUT2D eigenvalue weighted by atomic mass is 32.1. The van der Waals surface area contributed by atoms with Crippen molar-refractivity contribution in [3.05, 3.63) is 21.9 Å². The molecule has 0 bridgehead atoms. The van der Waals surface area contributed by atoms with Gasteiger partial charge in [0.25, 0.3) is 0 Å². The number of hydrogen-bond acceptors (Lipinski definition) is 4. The molecule has 86 valence electrons. The van der Waals surface area contributed by atoms with Crippen LogP contribution in [0.4, 0.5) is 0 Å². The highest BCUT2D eigenvalue weighted by molar-refractivity contribution is 7.10. The van der Waals surface area contributed by atoms with Crippen molar-refractivity contribution in [3.8, 4) is 0 Å². The van der Waals surface area contributed by atoms with Gasteiger partial charge in [-0.1, -0.05) is 0 Å². The van der Waals surface area contributed by atoms with Crippen LogP contribution in [0.3, 0.4) is 0 Å². The molecule has 4 heteroatoms. The van der Waals surface area contributed by atoms with E-state index in [1.54, 1.807) is 18.3 Å². The monoisotopic (exact) mass is 228 g/mol. The molecule has 1 aromatic heterocycles. The summed E-state index contributed by atoms with van der Waals surface area (Å²) in [4.78, 5) is 1.41. The summed E-state index contributed by atoms with van der Waals surface area (Å²) in [6.45, 7) is 7.37. The lowest BCUT2D eigenvalue weighted by atomic mass is 10.3. The Balaban J connectivity index is 2.00. The van der Waals surface area contributed by atoms with Gasteiger partial charge >= 0.3 is 0 Å². The van der Waals surface area contributed by atoms with Gasteiger partial charge in [-0.15, -0.1) is 11.3 Å². The maximum atomic E-state index is 9.01. The molecule has 0 aliphatic heterocycles. The number of nitrogens with one attached hydrogen (secondary N) is 2. The number of thiophene rings is 1. The van der Waals surface area contributed by atoms with Crippen LogP contribution in [0, 0.1) is 6.92 Å². The zero-order chi connectivity index (χ0) is 11.1. The summed E-state index contributed by atoms with van der Waals surface area (Å²) in [7, 11) is 0. The van der Waals surface area contributed by atoms with Crippen LogP contribution in [-0.2, 0) is 6.54 Å². The fourth-order valence-corrected chi connectivity index (χ4v) is 2.15. The number of aliphatic hydroxyl groups excluding tert-OH is 1. The van der Waals surface area contributed by atoms with Crippen LogP contribution < -0.4 is 10.6 Å². The molecule has 0 aliphatic carbocycles. The van der Waals surface area contributed by atoms with Crippen molar-refractivity contribution < 1.29 is 5.11 Å². The van der Waals surface area contributed by atoms with Crippen LogP contribution in [0.1, 0.15) is 17.4 Å². The number of aliphatic hydroxyl groups is 1. The molecule has 15 heavy (non-hydrogen) atoms. The minimum Gasteiger partial charge on any atom is -0.392 e. The first-order valence-electron chi connectivity index (χ1n) is 5.32. The van der Waals surface area contributed by atoms with Gasteiger partial charge in [0.15, 0.2) is 0 Å². The van der Waals surface area contributed by atoms with Gasteiger partial charge in [-0.25, -0.2) is 0 Å². The normalized spacial score (nSPS) is 13.0. The fraction of sp³-hybridized carbons (Fsp3) is 0.636. The van der Waals surface area contributed by atoms with E-state index >= 15 is 0 Å². The molecule has 0 fully saturated rings. The number of rotatable bonds is 7. The second-order valence-electron chi connectivity index (χ2n) is 3.76. The van der Waals surface area contributed by atoms with Crippen LogP contribution in [0.5, 0.6) is 0 Å². The highest BCUT2D eigenvalue weighted by Crippen LogP contribution is 2.14. The summed E-state index contributed by atoms with van der Waals surface area (Å²) < 4.78 is 0. The minimum atomic E-state index is -0.260. The Kier molecular flexibility index (Phi) is 5.86. The van der Waals surface area contributed by atoms with Crippen molar-refractivity contribution in [2.75, 3.05) is 19.6 Å².